The Labute approximate surface area is 96.1 Å². The van der Waals surface area contributed by atoms with Gasteiger partial charge in [0.15, 0.2) is 0 Å². The molecule has 0 aliphatic rings. The van der Waals surface area contributed by atoms with E-state index in [4.69, 9.17) is 18.0 Å². The quantitative estimate of drug-likeness (QED) is 0.732. The highest BCUT2D eigenvalue weighted by Gasteiger charge is 2.09. The summed E-state index contributed by atoms with van der Waals surface area (Å²) in [7, 11) is 0. The number of hydrogen-bond donors (Lipinski definition) is 1. The first kappa shape index (κ1) is 12.1. The van der Waals surface area contributed by atoms with Crippen molar-refractivity contribution in [3.8, 4) is 0 Å². The minimum absolute atomic E-state index is 0.446. The third-order valence-electron chi connectivity index (χ3n) is 2.26. The van der Waals surface area contributed by atoms with Crippen LogP contribution in [0.2, 0.25) is 0 Å². The van der Waals surface area contributed by atoms with Gasteiger partial charge in [-0.2, -0.15) is 5.10 Å². The van der Waals surface area contributed by atoms with E-state index in [-0.39, 0.29) is 0 Å². The molecule has 0 aliphatic heterocycles. The zero-order valence-electron chi connectivity index (χ0n) is 9.26. The van der Waals surface area contributed by atoms with Crippen LogP contribution in [-0.4, -0.2) is 38.8 Å². The summed E-state index contributed by atoms with van der Waals surface area (Å²) in [5, 5.41) is 4.15. The molecule has 1 aromatic rings. The number of thiocarbonyl (C=S) groups is 1. The zero-order chi connectivity index (χ0) is 11.3. The maximum Gasteiger partial charge on any atom is 0.0870 e. The molecule has 0 aromatic carbocycles. The molecule has 1 aromatic heterocycles. The van der Waals surface area contributed by atoms with Crippen molar-refractivity contribution in [2.75, 3.05) is 13.1 Å². The van der Waals surface area contributed by atoms with E-state index < -0.39 is 0 Å². The predicted molar refractivity (Wildman–Crippen MR) is 65.7 cm³/mol. The topological polar surface area (TPSA) is 47.1 Å². The lowest BCUT2D eigenvalue weighted by Gasteiger charge is -2.25. The van der Waals surface area contributed by atoms with Crippen LogP contribution in [0.5, 0.6) is 0 Å². The highest BCUT2D eigenvalue weighted by molar-refractivity contribution is 7.80. The highest BCUT2D eigenvalue weighted by Crippen LogP contribution is 1.98. The van der Waals surface area contributed by atoms with E-state index in [9.17, 15) is 0 Å². The smallest absolute Gasteiger partial charge is 0.0870 e. The van der Waals surface area contributed by atoms with Crippen molar-refractivity contribution in [2.24, 2.45) is 5.73 Å². The number of nitrogens with zero attached hydrogens (tertiary/aromatic N) is 3. The number of rotatable bonds is 6. The van der Waals surface area contributed by atoms with Crippen LogP contribution in [0.15, 0.2) is 18.5 Å². The van der Waals surface area contributed by atoms with Gasteiger partial charge >= 0.3 is 0 Å². The van der Waals surface area contributed by atoms with E-state index in [0.717, 1.165) is 13.1 Å². The molecule has 0 atom stereocenters. The zero-order valence-corrected chi connectivity index (χ0v) is 10.1. The van der Waals surface area contributed by atoms with Crippen molar-refractivity contribution >= 4 is 17.2 Å². The molecule has 0 saturated carbocycles. The van der Waals surface area contributed by atoms with Gasteiger partial charge < -0.3 is 5.73 Å². The normalized spacial score (nSPS) is 11.2. The van der Waals surface area contributed by atoms with Gasteiger partial charge in [0.2, 0.25) is 0 Å². The Morgan fingerprint density at radius 3 is 2.80 bits per heavy atom. The molecule has 0 aliphatic carbocycles. The standard InChI is InChI=1S/C10H18N4S/c1-9(2)13(8-10(11)15)6-7-14-5-3-4-12-14/h3-5,9H,6-8H2,1-2H3,(H2,11,15). The lowest BCUT2D eigenvalue weighted by molar-refractivity contribution is 0.240. The average molecular weight is 226 g/mol. The van der Waals surface area contributed by atoms with Crippen molar-refractivity contribution in [1.29, 1.82) is 0 Å². The minimum atomic E-state index is 0.446. The molecule has 0 fully saturated rings. The number of hydrogen-bond acceptors (Lipinski definition) is 3. The minimum Gasteiger partial charge on any atom is -0.392 e. The molecule has 2 N–H and O–H groups in total. The average Bonchev–Trinajstić information content (AvgIpc) is 2.63. The van der Waals surface area contributed by atoms with E-state index in [0.29, 0.717) is 17.6 Å². The van der Waals surface area contributed by atoms with Crippen molar-refractivity contribution in [3.63, 3.8) is 0 Å². The van der Waals surface area contributed by atoms with Crippen molar-refractivity contribution in [3.05, 3.63) is 18.5 Å². The van der Waals surface area contributed by atoms with Crippen LogP contribution >= 0.6 is 12.2 Å². The first-order valence-corrected chi connectivity index (χ1v) is 5.50. The van der Waals surface area contributed by atoms with Crippen LogP contribution in [0.25, 0.3) is 0 Å². The second kappa shape index (κ2) is 5.82. The van der Waals surface area contributed by atoms with Gasteiger partial charge in [-0.3, -0.25) is 9.58 Å². The maximum absolute atomic E-state index is 5.55. The summed E-state index contributed by atoms with van der Waals surface area (Å²) >= 11 is 4.92. The predicted octanol–water partition coefficient (Wildman–Crippen LogP) is 0.880. The Kier molecular flexibility index (Phi) is 4.71. The lowest BCUT2D eigenvalue weighted by atomic mass is 10.3. The molecule has 1 heterocycles. The Bertz CT molecular complexity index is 294. The van der Waals surface area contributed by atoms with Crippen molar-refractivity contribution in [2.45, 2.75) is 26.4 Å². The summed E-state index contributed by atoms with van der Waals surface area (Å²) in [5.74, 6) is 0. The summed E-state index contributed by atoms with van der Waals surface area (Å²) in [4.78, 5) is 2.79. The summed E-state index contributed by atoms with van der Waals surface area (Å²) in [6.07, 6.45) is 3.74. The van der Waals surface area contributed by atoms with Crippen LogP contribution in [0.4, 0.5) is 0 Å². The molecular weight excluding hydrogens is 208 g/mol. The molecule has 0 unspecified atom stereocenters. The summed E-state index contributed by atoms with van der Waals surface area (Å²) in [5.41, 5.74) is 5.55. The molecule has 0 spiro atoms. The van der Waals surface area contributed by atoms with E-state index >= 15 is 0 Å². The molecule has 84 valence electrons. The molecule has 4 nitrogen and oxygen atoms in total. The molecular formula is C10H18N4S. The molecule has 5 heteroatoms. The summed E-state index contributed by atoms with van der Waals surface area (Å²) in [6.45, 7) is 6.74. The van der Waals surface area contributed by atoms with E-state index in [1.807, 2.05) is 16.9 Å². The first-order valence-electron chi connectivity index (χ1n) is 5.09. The lowest BCUT2D eigenvalue weighted by Crippen LogP contribution is -2.39. The molecule has 15 heavy (non-hydrogen) atoms. The Balaban J connectivity index is 2.41. The van der Waals surface area contributed by atoms with Gasteiger partial charge in [0.1, 0.15) is 0 Å². The molecule has 0 saturated heterocycles. The molecule has 0 bridgehead atoms. The van der Waals surface area contributed by atoms with Gasteiger partial charge in [0.25, 0.3) is 0 Å². The Morgan fingerprint density at radius 2 is 2.33 bits per heavy atom. The molecule has 0 radical (unpaired) electrons. The largest absolute Gasteiger partial charge is 0.392 e. The molecule has 1 rings (SSSR count). The van der Waals surface area contributed by atoms with E-state index in [1.54, 1.807) is 6.20 Å². The van der Waals surface area contributed by atoms with Gasteiger partial charge in [-0.25, -0.2) is 0 Å². The second-order valence-electron chi connectivity index (χ2n) is 3.80. The van der Waals surface area contributed by atoms with Crippen LogP contribution in [0.3, 0.4) is 0 Å². The van der Waals surface area contributed by atoms with Crippen LogP contribution in [0, 0.1) is 0 Å². The maximum atomic E-state index is 5.55. The van der Waals surface area contributed by atoms with Gasteiger partial charge in [0.05, 0.1) is 11.5 Å². The third kappa shape index (κ3) is 4.40. The van der Waals surface area contributed by atoms with Gasteiger partial charge in [0, 0.05) is 31.5 Å². The third-order valence-corrected chi connectivity index (χ3v) is 2.39. The fraction of sp³-hybridized carbons (Fsp3) is 0.600. The fourth-order valence-electron chi connectivity index (χ4n) is 1.38. The Morgan fingerprint density at radius 1 is 1.60 bits per heavy atom. The fourth-order valence-corrected chi connectivity index (χ4v) is 1.55. The number of nitrogens with two attached hydrogens (primary N) is 1. The summed E-state index contributed by atoms with van der Waals surface area (Å²) in [6, 6.07) is 2.37. The van der Waals surface area contributed by atoms with Crippen LogP contribution in [0.1, 0.15) is 13.8 Å². The van der Waals surface area contributed by atoms with Gasteiger partial charge in [-0.15, -0.1) is 0 Å². The van der Waals surface area contributed by atoms with E-state index in [2.05, 4.69) is 23.8 Å². The van der Waals surface area contributed by atoms with Crippen LogP contribution < -0.4 is 5.73 Å². The van der Waals surface area contributed by atoms with Gasteiger partial charge in [-0.1, -0.05) is 12.2 Å². The van der Waals surface area contributed by atoms with Crippen LogP contribution in [-0.2, 0) is 6.54 Å². The van der Waals surface area contributed by atoms with Crippen molar-refractivity contribution < 1.29 is 0 Å². The monoisotopic (exact) mass is 226 g/mol. The van der Waals surface area contributed by atoms with E-state index in [1.165, 1.54) is 0 Å². The van der Waals surface area contributed by atoms with Crippen molar-refractivity contribution in [1.82, 2.24) is 14.7 Å². The van der Waals surface area contributed by atoms with Gasteiger partial charge in [-0.05, 0) is 19.9 Å². The SMILES string of the molecule is CC(C)N(CCn1cccn1)CC(N)=S. The molecule has 0 amide bonds. The number of aromatic nitrogens is 2. The highest BCUT2D eigenvalue weighted by atomic mass is 32.1. The summed E-state index contributed by atoms with van der Waals surface area (Å²) < 4.78 is 1.91. The Hall–Kier alpha value is -0.940. The first-order chi connectivity index (χ1) is 7.09. The second-order valence-corrected chi connectivity index (χ2v) is 4.32.